The Kier molecular flexibility index (Phi) is 4.60. The number of piperazine rings is 1. The van der Waals surface area contributed by atoms with Gasteiger partial charge in [-0.05, 0) is 36.5 Å². The van der Waals surface area contributed by atoms with Gasteiger partial charge in [0.05, 0.1) is 17.4 Å². The molecule has 2 bridgehead atoms. The number of amides is 3. The van der Waals surface area contributed by atoms with E-state index in [-0.39, 0.29) is 47.9 Å². The number of carbonyl (C=O) groups is 3. The lowest BCUT2D eigenvalue weighted by Crippen LogP contribution is -2.52. The van der Waals surface area contributed by atoms with Crippen molar-refractivity contribution in [3.8, 4) is 0 Å². The number of likely N-dealkylation sites (tertiary alicyclic amines) is 1. The third-order valence-electron chi connectivity index (χ3n) is 7.03. The Morgan fingerprint density at radius 2 is 1.58 bits per heavy atom. The van der Waals surface area contributed by atoms with E-state index in [0.29, 0.717) is 31.9 Å². The number of benzene rings is 1. The second kappa shape index (κ2) is 7.10. The number of rotatable bonds is 3. The standard InChI is InChI=1S/C22H22F3N3O3/c23-22(24,25)15-2-1-3-16(11-15)26-6-8-27(9-7-26)17(29)12-28-20(30)18-13-4-5-14(10-13)19(18)21(28)31/h1-5,11,13-14,18-19H,6-10,12H2/t13-,14-,18+,19+/m0/s1. The van der Waals surface area contributed by atoms with E-state index in [4.69, 9.17) is 0 Å². The Balaban J connectivity index is 1.20. The minimum Gasteiger partial charge on any atom is -0.368 e. The van der Waals surface area contributed by atoms with Crippen LogP contribution in [-0.4, -0.2) is 60.2 Å². The van der Waals surface area contributed by atoms with Crippen LogP contribution < -0.4 is 4.90 Å². The van der Waals surface area contributed by atoms with Gasteiger partial charge in [0.2, 0.25) is 17.7 Å². The minimum absolute atomic E-state index is 0.0996. The second-order valence-corrected chi connectivity index (χ2v) is 8.68. The van der Waals surface area contributed by atoms with Gasteiger partial charge in [0.1, 0.15) is 6.54 Å². The molecule has 0 radical (unpaired) electrons. The predicted molar refractivity (Wildman–Crippen MR) is 105 cm³/mol. The van der Waals surface area contributed by atoms with E-state index in [1.165, 1.54) is 6.07 Å². The molecule has 4 atom stereocenters. The van der Waals surface area contributed by atoms with Crippen LogP contribution in [0.4, 0.5) is 18.9 Å². The molecule has 3 amide bonds. The Bertz CT molecular complexity index is 938. The molecule has 0 N–H and O–H groups in total. The van der Waals surface area contributed by atoms with Crippen molar-refractivity contribution < 1.29 is 27.6 Å². The molecule has 9 heteroatoms. The summed E-state index contributed by atoms with van der Waals surface area (Å²) < 4.78 is 38.9. The number of fused-ring (bicyclic) bond motifs is 5. The first kappa shape index (κ1) is 20.1. The molecule has 6 nitrogen and oxygen atoms in total. The van der Waals surface area contributed by atoms with Gasteiger partial charge in [0.15, 0.2) is 0 Å². The third kappa shape index (κ3) is 3.30. The molecule has 31 heavy (non-hydrogen) atoms. The summed E-state index contributed by atoms with van der Waals surface area (Å²) in [6, 6.07) is 5.14. The van der Waals surface area contributed by atoms with Gasteiger partial charge in [0.25, 0.3) is 0 Å². The number of imide groups is 1. The Morgan fingerprint density at radius 1 is 0.968 bits per heavy atom. The largest absolute Gasteiger partial charge is 0.416 e. The first-order chi connectivity index (χ1) is 14.7. The fourth-order valence-corrected chi connectivity index (χ4v) is 5.45. The first-order valence-electron chi connectivity index (χ1n) is 10.5. The molecule has 1 aromatic rings. The number of hydrogen-bond donors (Lipinski definition) is 0. The highest BCUT2D eigenvalue weighted by atomic mass is 19.4. The molecule has 164 valence electrons. The van der Waals surface area contributed by atoms with E-state index in [2.05, 4.69) is 0 Å². The molecule has 2 aliphatic carbocycles. The average Bonchev–Trinajstić information content (AvgIpc) is 3.43. The summed E-state index contributed by atoms with van der Waals surface area (Å²) in [6.45, 7) is 1.16. The molecule has 2 saturated heterocycles. The van der Waals surface area contributed by atoms with Crippen molar-refractivity contribution >= 4 is 23.4 Å². The fraction of sp³-hybridized carbons (Fsp3) is 0.500. The molecular formula is C22H22F3N3O3. The van der Waals surface area contributed by atoms with Crippen LogP contribution in [0.5, 0.6) is 0 Å². The van der Waals surface area contributed by atoms with Gasteiger partial charge < -0.3 is 9.80 Å². The molecular weight excluding hydrogens is 411 g/mol. The lowest BCUT2D eigenvalue weighted by Gasteiger charge is -2.36. The SMILES string of the molecule is O=C(CN1C(=O)[C@H]2[C@H](C1=O)[C@H]1C=C[C@H]2C1)N1CCN(c2cccc(C(F)(F)F)c2)CC1. The van der Waals surface area contributed by atoms with E-state index in [0.717, 1.165) is 23.5 Å². The summed E-state index contributed by atoms with van der Waals surface area (Å²) in [4.78, 5) is 42.8. The highest BCUT2D eigenvalue weighted by molar-refractivity contribution is 6.08. The third-order valence-corrected chi connectivity index (χ3v) is 7.03. The Labute approximate surface area is 177 Å². The van der Waals surface area contributed by atoms with Crippen LogP contribution in [0.3, 0.4) is 0 Å². The van der Waals surface area contributed by atoms with Crippen molar-refractivity contribution in [2.24, 2.45) is 23.7 Å². The number of nitrogens with zero attached hydrogens (tertiary/aromatic N) is 3. The zero-order chi connectivity index (χ0) is 21.9. The van der Waals surface area contributed by atoms with Crippen LogP contribution in [0.1, 0.15) is 12.0 Å². The molecule has 0 unspecified atom stereocenters. The number of halogens is 3. The van der Waals surface area contributed by atoms with Crippen LogP contribution in [-0.2, 0) is 20.6 Å². The Hall–Kier alpha value is -2.84. The van der Waals surface area contributed by atoms with E-state index >= 15 is 0 Å². The van der Waals surface area contributed by atoms with Crippen LogP contribution in [0.25, 0.3) is 0 Å². The minimum atomic E-state index is -4.41. The zero-order valence-electron chi connectivity index (χ0n) is 16.7. The predicted octanol–water partition coefficient (Wildman–Crippen LogP) is 2.16. The zero-order valence-corrected chi connectivity index (χ0v) is 16.7. The summed E-state index contributed by atoms with van der Waals surface area (Å²) in [6.07, 6.45) is 0.451. The van der Waals surface area contributed by atoms with Gasteiger partial charge in [0, 0.05) is 31.9 Å². The van der Waals surface area contributed by atoms with E-state index in [1.54, 1.807) is 15.9 Å². The van der Waals surface area contributed by atoms with Crippen molar-refractivity contribution in [2.75, 3.05) is 37.6 Å². The van der Waals surface area contributed by atoms with Gasteiger partial charge in [-0.3, -0.25) is 19.3 Å². The molecule has 2 aliphatic heterocycles. The van der Waals surface area contributed by atoms with Gasteiger partial charge in [-0.1, -0.05) is 18.2 Å². The van der Waals surface area contributed by atoms with Crippen molar-refractivity contribution in [2.45, 2.75) is 12.6 Å². The van der Waals surface area contributed by atoms with Gasteiger partial charge >= 0.3 is 6.18 Å². The van der Waals surface area contributed by atoms with Crippen molar-refractivity contribution in [3.63, 3.8) is 0 Å². The van der Waals surface area contributed by atoms with Gasteiger partial charge in [-0.15, -0.1) is 0 Å². The van der Waals surface area contributed by atoms with Crippen LogP contribution in [0.15, 0.2) is 36.4 Å². The summed E-state index contributed by atoms with van der Waals surface area (Å²) in [5, 5.41) is 0. The highest BCUT2D eigenvalue weighted by Crippen LogP contribution is 2.52. The highest BCUT2D eigenvalue weighted by Gasteiger charge is 2.59. The lowest BCUT2D eigenvalue weighted by molar-refractivity contribution is -0.147. The quantitative estimate of drug-likeness (QED) is 0.542. The fourth-order valence-electron chi connectivity index (χ4n) is 5.45. The summed E-state index contributed by atoms with van der Waals surface area (Å²) >= 11 is 0. The molecule has 1 saturated carbocycles. The van der Waals surface area contributed by atoms with Crippen molar-refractivity contribution in [1.29, 1.82) is 0 Å². The van der Waals surface area contributed by atoms with E-state index < -0.39 is 11.7 Å². The second-order valence-electron chi connectivity index (χ2n) is 8.68. The number of carbonyl (C=O) groups excluding carboxylic acids is 3. The van der Waals surface area contributed by atoms with Crippen LogP contribution in [0.2, 0.25) is 0 Å². The van der Waals surface area contributed by atoms with E-state index in [9.17, 15) is 27.6 Å². The first-order valence-corrected chi connectivity index (χ1v) is 10.5. The molecule has 1 aromatic carbocycles. The van der Waals surface area contributed by atoms with Crippen LogP contribution in [0, 0.1) is 23.7 Å². The normalized spacial score (nSPS) is 29.8. The maximum atomic E-state index is 13.0. The summed E-state index contributed by atoms with van der Waals surface area (Å²) in [5.74, 6) is -1.25. The summed E-state index contributed by atoms with van der Waals surface area (Å²) in [7, 11) is 0. The Morgan fingerprint density at radius 3 is 2.16 bits per heavy atom. The molecule has 0 spiro atoms. The maximum Gasteiger partial charge on any atom is 0.416 e. The number of allylic oxidation sites excluding steroid dienone is 2. The molecule has 3 fully saturated rings. The van der Waals surface area contributed by atoms with Gasteiger partial charge in [-0.25, -0.2) is 0 Å². The topological polar surface area (TPSA) is 60.9 Å². The van der Waals surface area contributed by atoms with E-state index in [1.807, 2.05) is 12.2 Å². The molecule has 2 heterocycles. The van der Waals surface area contributed by atoms with Crippen molar-refractivity contribution in [3.05, 3.63) is 42.0 Å². The molecule has 5 rings (SSSR count). The average molecular weight is 433 g/mol. The monoisotopic (exact) mass is 433 g/mol. The smallest absolute Gasteiger partial charge is 0.368 e. The van der Waals surface area contributed by atoms with Crippen molar-refractivity contribution in [1.82, 2.24) is 9.80 Å². The molecule has 4 aliphatic rings. The van der Waals surface area contributed by atoms with Gasteiger partial charge in [-0.2, -0.15) is 13.2 Å². The maximum absolute atomic E-state index is 13.0. The number of alkyl halides is 3. The molecule has 0 aromatic heterocycles. The van der Waals surface area contributed by atoms with Crippen LogP contribution >= 0.6 is 0 Å². The number of anilines is 1. The number of hydrogen-bond acceptors (Lipinski definition) is 4. The lowest BCUT2D eigenvalue weighted by atomic mass is 9.85. The summed E-state index contributed by atoms with van der Waals surface area (Å²) in [5.41, 5.74) is -0.244.